The van der Waals surface area contributed by atoms with Gasteiger partial charge < -0.3 is 9.15 Å². The molecule has 1 aromatic carbocycles. The maximum atomic E-state index is 6.05. The molecule has 8 heteroatoms. The number of halogens is 1. The summed E-state index contributed by atoms with van der Waals surface area (Å²) in [5.74, 6) is 2.63. The van der Waals surface area contributed by atoms with Crippen molar-refractivity contribution in [2.75, 3.05) is 0 Å². The second kappa shape index (κ2) is 7.46. The summed E-state index contributed by atoms with van der Waals surface area (Å²) in [6, 6.07) is 10.9. The lowest BCUT2D eigenvalue weighted by Crippen LogP contribution is -1.97. The number of H-pyrrole nitrogens is 1. The number of rotatable bonds is 6. The Labute approximate surface area is 148 Å². The number of hydrogen-bond donors (Lipinski definition) is 1. The van der Waals surface area contributed by atoms with Crippen LogP contribution in [0.3, 0.4) is 0 Å². The first-order valence-corrected chi connectivity index (χ1v) is 8.12. The summed E-state index contributed by atoms with van der Waals surface area (Å²) in [7, 11) is 0. The molecule has 0 amide bonds. The van der Waals surface area contributed by atoms with Crippen molar-refractivity contribution >= 4 is 30.0 Å². The van der Waals surface area contributed by atoms with Gasteiger partial charge >= 0.3 is 0 Å². The molecular formula is C16H15ClN4O2S. The summed E-state index contributed by atoms with van der Waals surface area (Å²) in [4.78, 5) is 0. The zero-order valence-corrected chi connectivity index (χ0v) is 14.5. The van der Waals surface area contributed by atoms with Crippen molar-refractivity contribution in [1.29, 1.82) is 0 Å². The standard InChI is InChI=1S/C16H15ClN4O2S/c1-2-15-19-20-16(24)21(15)18-9-11-7-8-12(23-11)10-22-14-6-4-3-5-13(14)17/h3-9H,2,10H2,1H3,(H,20,24). The van der Waals surface area contributed by atoms with Gasteiger partial charge in [-0.05, 0) is 36.5 Å². The fourth-order valence-electron chi connectivity index (χ4n) is 2.04. The number of furan rings is 1. The Morgan fingerprint density at radius 2 is 2.21 bits per heavy atom. The first kappa shape index (κ1) is 16.5. The number of aromatic amines is 1. The molecule has 0 aliphatic rings. The average molecular weight is 363 g/mol. The molecule has 1 N–H and O–H groups in total. The van der Waals surface area contributed by atoms with Gasteiger partial charge in [-0.2, -0.15) is 14.9 Å². The highest BCUT2D eigenvalue weighted by Crippen LogP contribution is 2.24. The summed E-state index contributed by atoms with van der Waals surface area (Å²) in [5.41, 5.74) is 0. The highest BCUT2D eigenvalue weighted by Gasteiger charge is 2.05. The molecule has 0 unspecified atom stereocenters. The normalized spacial score (nSPS) is 11.2. The molecule has 0 atom stereocenters. The maximum Gasteiger partial charge on any atom is 0.216 e. The fraction of sp³-hybridized carbons (Fsp3) is 0.188. The van der Waals surface area contributed by atoms with Crippen LogP contribution in [-0.4, -0.2) is 21.1 Å². The van der Waals surface area contributed by atoms with E-state index in [4.69, 9.17) is 33.0 Å². The molecule has 0 spiro atoms. The van der Waals surface area contributed by atoms with E-state index in [-0.39, 0.29) is 6.61 Å². The van der Waals surface area contributed by atoms with Gasteiger partial charge in [0.25, 0.3) is 0 Å². The molecule has 0 saturated heterocycles. The van der Waals surface area contributed by atoms with E-state index in [1.807, 2.05) is 31.2 Å². The molecule has 0 aliphatic carbocycles. The van der Waals surface area contributed by atoms with E-state index in [0.29, 0.717) is 27.1 Å². The Balaban J connectivity index is 1.67. The Morgan fingerprint density at radius 1 is 1.38 bits per heavy atom. The summed E-state index contributed by atoms with van der Waals surface area (Å²) in [6.07, 6.45) is 2.31. The van der Waals surface area contributed by atoms with Crippen LogP contribution in [0.4, 0.5) is 0 Å². The number of benzene rings is 1. The van der Waals surface area contributed by atoms with Crippen LogP contribution in [-0.2, 0) is 13.0 Å². The number of hydrogen-bond acceptors (Lipinski definition) is 5. The minimum absolute atomic E-state index is 0.281. The van der Waals surface area contributed by atoms with Crippen LogP contribution in [0.2, 0.25) is 5.02 Å². The maximum absolute atomic E-state index is 6.05. The monoisotopic (exact) mass is 362 g/mol. The van der Waals surface area contributed by atoms with Crippen LogP contribution < -0.4 is 4.74 Å². The average Bonchev–Trinajstić information content (AvgIpc) is 3.18. The van der Waals surface area contributed by atoms with E-state index in [0.717, 1.165) is 12.2 Å². The van der Waals surface area contributed by atoms with Crippen molar-refractivity contribution in [2.24, 2.45) is 5.10 Å². The molecule has 2 aromatic heterocycles. The van der Waals surface area contributed by atoms with Crippen molar-refractivity contribution in [2.45, 2.75) is 20.0 Å². The Hall–Kier alpha value is -2.38. The zero-order chi connectivity index (χ0) is 16.9. The number of nitrogens with one attached hydrogen (secondary N) is 1. The molecule has 0 fully saturated rings. The van der Waals surface area contributed by atoms with Crippen LogP contribution >= 0.6 is 23.8 Å². The minimum atomic E-state index is 0.281. The zero-order valence-electron chi connectivity index (χ0n) is 12.9. The van der Waals surface area contributed by atoms with Crippen LogP contribution in [0.25, 0.3) is 0 Å². The third-order valence-corrected chi connectivity index (χ3v) is 3.80. The molecule has 6 nitrogen and oxygen atoms in total. The molecule has 3 rings (SSSR count). The molecular weight excluding hydrogens is 348 g/mol. The molecule has 124 valence electrons. The molecule has 0 saturated carbocycles. The third-order valence-electron chi connectivity index (χ3n) is 3.22. The van der Waals surface area contributed by atoms with Gasteiger partial charge in [0.05, 0.1) is 11.2 Å². The van der Waals surface area contributed by atoms with Gasteiger partial charge in [-0.25, -0.2) is 0 Å². The fourth-order valence-corrected chi connectivity index (χ4v) is 2.43. The predicted molar refractivity (Wildman–Crippen MR) is 94.3 cm³/mol. The van der Waals surface area contributed by atoms with Crippen LogP contribution in [0.5, 0.6) is 5.75 Å². The van der Waals surface area contributed by atoms with E-state index < -0.39 is 0 Å². The second-order valence-electron chi connectivity index (χ2n) is 4.88. The lowest BCUT2D eigenvalue weighted by Gasteiger charge is -2.05. The van der Waals surface area contributed by atoms with Crippen molar-refractivity contribution < 1.29 is 9.15 Å². The van der Waals surface area contributed by atoms with Crippen LogP contribution in [0.15, 0.2) is 45.9 Å². The number of para-hydroxylation sites is 1. The number of aryl methyl sites for hydroxylation is 1. The lowest BCUT2D eigenvalue weighted by molar-refractivity contribution is 0.270. The highest BCUT2D eigenvalue weighted by atomic mass is 35.5. The molecule has 2 heterocycles. The van der Waals surface area contributed by atoms with E-state index >= 15 is 0 Å². The van der Waals surface area contributed by atoms with E-state index in [9.17, 15) is 0 Å². The summed E-state index contributed by atoms with van der Waals surface area (Å²) in [5, 5.41) is 11.7. The van der Waals surface area contributed by atoms with Crippen LogP contribution in [0.1, 0.15) is 24.3 Å². The van der Waals surface area contributed by atoms with Gasteiger partial charge in [-0.15, -0.1) is 0 Å². The highest BCUT2D eigenvalue weighted by molar-refractivity contribution is 7.71. The number of aromatic nitrogens is 3. The molecule has 0 bridgehead atoms. The largest absolute Gasteiger partial charge is 0.484 e. The Bertz CT molecular complexity index is 913. The molecule has 3 aromatic rings. The van der Waals surface area contributed by atoms with Crippen molar-refractivity contribution in [3.05, 3.63) is 63.5 Å². The molecule has 0 aliphatic heterocycles. The molecule has 0 radical (unpaired) electrons. The Morgan fingerprint density at radius 3 is 3.00 bits per heavy atom. The van der Waals surface area contributed by atoms with Crippen molar-refractivity contribution in [3.8, 4) is 5.75 Å². The summed E-state index contributed by atoms with van der Waals surface area (Å²) >= 11 is 11.2. The first-order chi connectivity index (χ1) is 11.7. The van der Waals surface area contributed by atoms with Gasteiger partial charge in [-0.3, -0.25) is 5.10 Å². The third kappa shape index (κ3) is 3.74. The van der Waals surface area contributed by atoms with Crippen molar-refractivity contribution in [3.63, 3.8) is 0 Å². The molecule has 24 heavy (non-hydrogen) atoms. The number of nitrogens with zero attached hydrogens (tertiary/aromatic N) is 3. The topological polar surface area (TPSA) is 68.3 Å². The first-order valence-electron chi connectivity index (χ1n) is 7.34. The quantitative estimate of drug-likeness (QED) is 0.526. The smallest absolute Gasteiger partial charge is 0.216 e. The summed E-state index contributed by atoms with van der Waals surface area (Å²) < 4.78 is 13.3. The second-order valence-corrected chi connectivity index (χ2v) is 5.67. The summed E-state index contributed by atoms with van der Waals surface area (Å²) in [6.45, 7) is 2.26. The number of ether oxygens (including phenoxy) is 1. The van der Waals surface area contributed by atoms with Gasteiger partial charge in [0.15, 0.2) is 5.82 Å². The van der Waals surface area contributed by atoms with E-state index in [1.165, 1.54) is 0 Å². The van der Waals surface area contributed by atoms with E-state index in [2.05, 4.69) is 15.3 Å². The van der Waals surface area contributed by atoms with Gasteiger partial charge in [0.1, 0.15) is 23.9 Å². The van der Waals surface area contributed by atoms with Crippen LogP contribution in [0, 0.1) is 4.77 Å². The minimum Gasteiger partial charge on any atom is -0.484 e. The van der Waals surface area contributed by atoms with Gasteiger partial charge in [-0.1, -0.05) is 30.7 Å². The van der Waals surface area contributed by atoms with Gasteiger partial charge in [0.2, 0.25) is 4.77 Å². The van der Waals surface area contributed by atoms with Gasteiger partial charge in [0, 0.05) is 6.42 Å². The lowest BCUT2D eigenvalue weighted by atomic mass is 10.3. The van der Waals surface area contributed by atoms with E-state index in [1.54, 1.807) is 23.0 Å². The van der Waals surface area contributed by atoms with Crippen molar-refractivity contribution in [1.82, 2.24) is 14.9 Å². The Kier molecular flexibility index (Phi) is 5.12. The SMILES string of the molecule is CCc1n[nH]c(=S)n1N=Cc1ccc(COc2ccccc2Cl)o1. The predicted octanol–water partition coefficient (Wildman–Crippen LogP) is 4.21.